The summed E-state index contributed by atoms with van der Waals surface area (Å²) in [6, 6.07) is 12.3. The number of aliphatic hydroxyl groups excluding tert-OH is 1. The van der Waals surface area contributed by atoms with Gasteiger partial charge < -0.3 is 5.11 Å². The first kappa shape index (κ1) is 20.6. The Hall–Kier alpha value is -4.02. The van der Waals surface area contributed by atoms with Gasteiger partial charge in [-0.1, -0.05) is 0 Å². The molecule has 5 aromatic heterocycles. The van der Waals surface area contributed by atoms with Crippen LogP contribution in [-0.4, -0.2) is 50.9 Å². The lowest BCUT2D eigenvalue weighted by Gasteiger charge is -2.05. The lowest BCUT2D eigenvalue weighted by molar-refractivity contribution is 0.269. The SMILES string of the molecule is Cn1cc(-c2cnc3ccc(Sc4nnc5ccc(-c6cnn(CCO)c6)cn45)cc3c2)cn1. The number of nitrogens with zero attached hydrogens (tertiary/aromatic N) is 8. The molecule has 0 atom stereocenters. The topological polar surface area (TPSA) is 99.0 Å². The summed E-state index contributed by atoms with van der Waals surface area (Å²) in [4.78, 5) is 5.66. The van der Waals surface area contributed by atoms with Crippen molar-refractivity contribution in [2.24, 2.45) is 7.05 Å². The van der Waals surface area contributed by atoms with E-state index in [0.717, 1.165) is 48.9 Å². The molecule has 0 amide bonds. The molecule has 0 radical (unpaired) electrons. The molecule has 1 N–H and O–H groups in total. The van der Waals surface area contributed by atoms with Crippen LogP contribution in [0.2, 0.25) is 0 Å². The number of hydrogen-bond donors (Lipinski definition) is 1. The molecule has 34 heavy (non-hydrogen) atoms. The molecule has 10 heteroatoms. The summed E-state index contributed by atoms with van der Waals surface area (Å²) in [5.74, 6) is 0. The molecule has 0 aliphatic carbocycles. The Morgan fingerprint density at radius 3 is 2.59 bits per heavy atom. The number of rotatable bonds is 6. The fraction of sp³-hybridized carbons (Fsp3) is 0.125. The highest BCUT2D eigenvalue weighted by Crippen LogP contribution is 2.31. The lowest BCUT2D eigenvalue weighted by atomic mass is 10.1. The van der Waals surface area contributed by atoms with Crippen molar-refractivity contribution in [3.8, 4) is 22.3 Å². The third kappa shape index (κ3) is 3.82. The Kier molecular flexibility index (Phi) is 5.08. The largest absolute Gasteiger partial charge is 0.394 e. The van der Waals surface area contributed by atoms with E-state index in [-0.39, 0.29) is 6.61 Å². The number of benzene rings is 1. The first-order chi connectivity index (χ1) is 16.7. The summed E-state index contributed by atoms with van der Waals surface area (Å²) < 4.78 is 5.50. The van der Waals surface area contributed by atoms with Crippen LogP contribution in [0.1, 0.15) is 0 Å². The second-order valence-corrected chi connectivity index (χ2v) is 8.97. The van der Waals surface area contributed by atoms with Gasteiger partial charge in [0, 0.05) is 64.4 Å². The molecule has 0 saturated carbocycles. The van der Waals surface area contributed by atoms with Gasteiger partial charge in [-0.15, -0.1) is 10.2 Å². The average Bonchev–Trinajstić information content (AvgIpc) is 3.59. The maximum absolute atomic E-state index is 9.14. The molecule has 9 nitrogen and oxygen atoms in total. The molecule has 0 saturated heterocycles. The van der Waals surface area contributed by atoms with Gasteiger partial charge in [0.15, 0.2) is 10.8 Å². The number of aryl methyl sites for hydroxylation is 1. The fourth-order valence-corrected chi connectivity index (χ4v) is 4.71. The third-order valence-electron chi connectivity index (χ3n) is 5.57. The van der Waals surface area contributed by atoms with E-state index in [9.17, 15) is 0 Å². The molecule has 5 heterocycles. The fourth-order valence-electron chi connectivity index (χ4n) is 3.85. The van der Waals surface area contributed by atoms with Gasteiger partial charge in [-0.05, 0) is 48.2 Å². The highest BCUT2D eigenvalue weighted by atomic mass is 32.2. The summed E-state index contributed by atoms with van der Waals surface area (Å²) in [6.07, 6.45) is 11.4. The van der Waals surface area contributed by atoms with E-state index >= 15 is 0 Å². The van der Waals surface area contributed by atoms with E-state index < -0.39 is 0 Å². The Bertz CT molecular complexity index is 1630. The summed E-state index contributed by atoms with van der Waals surface area (Å²) in [6.45, 7) is 0.521. The van der Waals surface area contributed by atoms with E-state index in [1.165, 1.54) is 0 Å². The molecule has 6 aromatic rings. The van der Waals surface area contributed by atoms with Crippen LogP contribution in [-0.2, 0) is 13.6 Å². The maximum atomic E-state index is 9.14. The Labute approximate surface area is 198 Å². The smallest absolute Gasteiger partial charge is 0.200 e. The van der Waals surface area contributed by atoms with Crippen LogP contribution in [0.15, 0.2) is 83.6 Å². The summed E-state index contributed by atoms with van der Waals surface area (Å²) in [7, 11) is 1.90. The van der Waals surface area contributed by atoms with Crippen molar-refractivity contribution in [1.82, 2.24) is 39.1 Å². The minimum absolute atomic E-state index is 0.0530. The van der Waals surface area contributed by atoms with Crippen molar-refractivity contribution < 1.29 is 5.11 Å². The number of aliphatic hydroxyl groups is 1. The Morgan fingerprint density at radius 2 is 1.74 bits per heavy atom. The zero-order valence-electron chi connectivity index (χ0n) is 18.3. The van der Waals surface area contributed by atoms with Gasteiger partial charge in [0.05, 0.1) is 31.1 Å². The second kappa shape index (κ2) is 8.40. The van der Waals surface area contributed by atoms with Crippen LogP contribution < -0.4 is 0 Å². The number of aromatic nitrogens is 8. The Morgan fingerprint density at radius 1 is 0.853 bits per heavy atom. The monoisotopic (exact) mass is 468 g/mol. The van der Waals surface area contributed by atoms with Crippen molar-refractivity contribution in [2.75, 3.05) is 6.61 Å². The number of pyridine rings is 2. The number of hydrogen-bond acceptors (Lipinski definition) is 7. The van der Waals surface area contributed by atoms with Crippen LogP contribution in [0, 0.1) is 0 Å². The predicted molar refractivity (Wildman–Crippen MR) is 129 cm³/mol. The van der Waals surface area contributed by atoms with E-state index in [2.05, 4.69) is 37.5 Å². The molecule has 168 valence electrons. The molecule has 0 bridgehead atoms. The van der Waals surface area contributed by atoms with Crippen LogP contribution in [0.3, 0.4) is 0 Å². The van der Waals surface area contributed by atoms with Crippen LogP contribution in [0.25, 0.3) is 38.8 Å². The predicted octanol–water partition coefficient (Wildman–Crippen LogP) is 3.69. The minimum Gasteiger partial charge on any atom is -0.394 e. The van der Waals surface area contributed by atoms with Crippen molar-refractivity contribution in [3.05, 3.63) is 73.6 Å². The highest BCUT2D eigenvalue weighted by Gasteiger charge is 2.11. The van der Waals surface area contributed by atoms with Gasteiger partial charge in [0.2, 0.25) is 0 Å². The standard InChI is InChI=1S/C24H20N8OS/c1-30-13-19(11-26-30)18-8-17-9-21(3-4-22(17)25-10-18)34-24-29-28-23-5-2-16(15-32(23)24)20-12-27-31(14-20)6-7-33/h2-5,8-15,33H,6-7H2,1H3. The zero-order valence-corrected chi connectivity index (χ0v) is 19.1. The molecule has 0 fully saturated rings. The molecule has 6 rings (SSSR count). The zero-order chi connectivity index (χ0) is 23.1. The van der Waals surface area contributed by atoms with E-state index in [1.54, 1.807) is 27.3 Å². The summed E-state index contributed by atoms with van der Waals surface area (Å²) >= 11 is 1.55. The van der Waals surface area contributed by atoms with Crippen molar-refractivity contribution >= 4 is 28.3 Å². The van der Waals surface area contributed by atoms with Crippen molar-refractivity contribution in [2.45, 2.75) is 16.6 Å². The summed E-state index contributed by atoms with van der Waals surface area (Å²) in [5, 5.41) is 28.2. The minimum atomic E-state index is 0.0530. The quantitative estimate of drug-likeness (QED) is 0.398. The molecule has 0 aliphatic heterocycles. The normalized spacial score (nSPS) is 11.6. The van der Waals surface area contributed by atoms with Gasteiger partial charge in [-0.3, -0.25) is 18.7 Å². The van der Waals surface area contributed by atoms with E-state index in [4.69, 9.17) is 5.11 Å². The van der Waals surface area contributed by atoms with Gasteiger partial charge >= 0.3 is 0 Å². The molecule has 0 unspecified atom stereocenters. The molecular formula is C24H20N8OS. The molecule has 0 aliphatic rings. The van der Waals surface area contributed by atoms with Gasteiger partial charge in [0.25, 0.3) is 0 Å². The molecular weight excluding hydrogens is 448 g/mol. The van der Waals surface area contributed by atoms with Gasteiger partial charge in [-0.25, -0.2) is 0 Å². The van der Waals surface area contributed by atoms with Crippen LogP contribution in [0.4, 0.5) is 0 Å². The third-order valence-corrected chi connectivity index (χ3v) is 6.52. The Balaban J connectivity index is 1.33. The average molecular weight is 469 g/mol. The van der Waals surface area contributed by atoms with Gasteiger partial charge in [0.1, 0.15) is 0 Å². The van der Waals surface area contributed by atoms with Crippen molar-refractivity contribution in [3.63, 3.8) is 0 Å². The second-order valence-electron chi connectivity index (χ2n) is 7.93. The van der Waals surface area contributed by atoms with Crippen LogP contribution >= 0.6 is 11.8 Å². The van der Waals surface area contributed by atoms with E-state index in [0.29, 0.717) is 6.54 Å². The first-order valence-electron chi connectivity index (χ1n) is 10.7. The van der Waals surface area contributed by atoms with Crippen molar-refractivity contribution in [1.29, 1.82) is 0 Å². The van der Waals surface area contributed by atoms with E-state index in [1.807, 2.05) is 66.7 Å². The summed E-state index contributed by atoms with van der Waals surface area (Å²) in [5.41, 5.74) is 5.75. The highest BCUT2D eigenvalue weighted by molar-refractivity contribution is 7.99. The van der Waals surface area contributed by atoms with Gasteiger partial charge in [-0.2, -0.15) is 10.2 Å². The molecule has 0 spiro atoms. The van der Waals surface area contributed by atoms with Crippen LogP contribution in [0.5, 0.6) is 0 Å². The maximum Gasteiger partial charge on any atom is 0.200 e. The lowest BCUT2D eigenvalue weighted by Crippen LogP contribution is -2.01. The molecule has 1 aromatic carbocycles. The number of fused-ring (bicyclic) bond motifs is 2. The first-order valence-corrected chi connectivity index (χ1v) is 11.5.